The monoisotopic (exact) mass is 281 g/mol. The van der Waals surface area contributed by atoms with E-state index in [2.05, 4.69) is 0 Å². The van der Waals surface area contributed by atoms with Gasteiger partial charge in [0.2, 0.25) is 0 Å². The van der Waals surface area contributed by atoms with Crippen LogP contribution in [0.5, 0.6) is 0 Å². The normalized spacial score (nSPS) is 23.4. The van der Waals surface area contributed by atoms with Crippen LogP contribution in [0, 0.1) is 17.7 Å². The third-order valence-corrected chi connectivity index (χ3v) is 3.63. The second-order valence-electron chi connectivity index (χ2n) is 5.04. The van der Waals surface area contributed by atoms with E-state index in [-0.39, 0.29) is 12.4 Å². The molecule has 1 aliphatic rings. The maximum Gasteiger partial charge on any atom is 0.308 e. The Kier molecular flexibility index (Phi) is 4.34. The fraction of sp³-hybridized carbons (Fsp3) is 0.429. The van der Waals surface area contributed by atoms with Gasteiger partial charge in [0.1, 0.15) is 5.82 Å². The number of aliphatic carboxylic acids is 2. The van der Waals surface area contributed by atoms with Crippen molar-refractivity contribution in [1.29, 1.82) is 0 Å². The highest BCUT2D eigenvalue weighted by molar-refractivity contribution is 5.80. The van der Waals surface area contributed by atoms with Crippen molar-refractivity contribution in [3.63, 3.8) is 0 Å². The molecule has 2 unspecified atom stereocenters. The van der Waals surface area contributed by atoms with E-state index in [0.717, 1.165) is 5.56 Å². The van der Waals surface area contributed by atoms with Crippen LogP contribution >= 0.6 is 0 Å². The average Bonchev–Trinajstić information content (AvgIpc) is 2.38. The molecule has 0 aliphatic carbocycles. The summed E-state index contributed by atoms with van der Waals surface area (Å²) in [6.07, 6.45) is 0.293. The van der Waals surface area contributed by atoms with Gasteiger partial charge in [-0.05, 0) is 30.7 Å². The molecule has 2 N–H and O–H groups in total. The van der Waals surface area contributed by atoms with Crippen molar-refractivity contribution < 1.29 is 24.2 Å². The van der Waals surface area contributed by atoms with Crippen LogP contribution in [-0.2, 0) is 16.1 Å². The van der Waals surface area contributed by atoms with Gasteiger partial charge in [0, 0.05) is 13.1 Å². The minimum absolute atomic E-state index is 0.169. The first kappa shape index (κ1) is 14.5. The Morgan fingerprint density at radius 3 is 2.55 bits per heavy atom. The van der Waals surface area contributed by atoms with E-state index in [0.29, 0.717) is 19.5 Å². The van der Waals surface area contributed by atoms with Crippen molar-refractivity contribution >= 4 is 11.9 Å². The molecule has 0 aromatic heterocycles. The number of halogens is 1. The fourth-order valence-corrected chi connectivity index (χ4v) is 2.60. The number of nitrogens with zero attached hydrogens (tertiary/aromatic N) is 1. The molecule has 6 heteroatoms. The lowest BCUT2D eigenvalue weighted by Crippen LogP contribution is -2.46. The first-order valence-corrected chi connectivity index (χ1v) is 6.40. The molecule has 5 nitrogen and oxygen atoms in total. The number of rotatable bonds is 4. The molecule has 0 saturated carbocycles. The molecule has 2 atom stereocenters. The van der Waals surface area contributed by atoms with E-state index >= 15 is 0 Å². The second-order valence-corrected chi connectivity index (χ2v) is 5.04. The van der Waals surface area contributed by atoms with Crippen molar-refractivity contribution in [3.05, 3.63) is 35.6 Å². The number of carboxylic acids is 2. The van der Waals surface area contributed by atoms with E-state index in [4.69, 9.17) is 10.2 Å². The maximum atomic E-state index is 13.1. The van der Waals surface area contributed by atoms with Crippen molar-refractivity contribution in [2.45, 2.75) is 13.0 Å². The summed E-state index contributed by atoms with van der Waals surface area (Å²) in [5.41, 5.74) is 0.753. The highest BCUT2D eigenvalue weighted by Gasteiger charge is 2.38. The smallest absolute Gasteiger partial charge is 0.308 e. The minimum Gasteiger partial charge on any atom is -0.481 e. The molecule has 0 spiro atoms. The number of hydrogen-bond donors (Lipinski definition) is 2. The summed E-state index contributed by atoms with van der Waals surface area (Å²) in [6, 6.07) is 6.12. The fourth-order valence-electron chi connectivity index (χ4n) is 2.60. The number of carbonyl (C=O) groups is 2. The highest BCUT2D eigenvalue weighted by atomic mass is 19.1. The summed E-state index contributed by atoms with van der Waals surface area (Å²) in [5, 5.41) is 18.2. The Bertz CT molecular complexity index is 520. The summed E-state index contributed by atoms with van der Waals surface area (Å²) in [5.74, 6) is -4.27. The zero-order valence-electron chi connectivity index (χ0n) is 10.8. The minimum atomic E-state index is -1.10. The number of piperidine rings is 1. The quantitative estimate of drug-likeness (QED) is 0.873. The van der Waals surface area contributed by atoms with E-state index in [9.17, 15) is 14.0 Å². The SMILES string of the molecule is O=C(O)C1CCN(Cc2cccc(F)c2)CC1C(=O)O. The van der Waals surface area contributed by atoms with E-state index < -0.39 is 23.8 Å². The summed E-state index contributed by atoms with van der Waals surface area (Å²) >= 11 is 0. The average molecular weight is 281 g/mol. The molecule has 1 heterocycles. The molecular weight excluding hydrogens is 265 g/mol. The molecule has 1 saturated heterocycles. The van der Waals surface area contributed by atoms with Crippen LogP contribution in [-0.4, -0.2) is 40.1 Å². The van der Waals surface area contributed by atoms with Gasteiger partial charge in [-0.1, -0.05) is 12.1 Å². The Labute approximate surface area is 115 Å². The molecule has 1 fully saturated rings. The van der Waals surface area contributed by atoms with Crippen LogP contribution in [0.4, 0.5) is 4.39 Å². The zero-order chi connectivity index (χ0) is 14.7. The Hall–Kier alpha value is -1.95. The van der Waals surface area contributed by atoms with Gasteiger partial charge in [-0.25, -0.2) is 4.39 Å². The summed E-state index contributed by atoms with van der Waals surface area (Å²) in [7, 11) is 0. The predicted molar refractivity (Wildman–Crippen MR) is 68.5 cm³/mol. The molecule has 1 aromatic carbocycles. The third kappa shape index (κ3) is 3.33. The lowest BCUT2D eigenvalue weighted by Gasteiger charge is -2.34. The Morgan fingerprint density at radius 2 is 1.95 bits per heavy atom. The van der Waals surface area contributed by atoms with E-state index in [1.54, 1.807) is 12.1 Å². The molecule has 0 bridgehead atoms. The molecule has 0 amide bonds. The number of likely N-dealkylation sites (tertiary alicyclic amines) is 1. The summed E-state index contributed by atoms with van der Waals surface area (Å²) in [4.78, 5) is 24.1. The van der Waals surface area contributed by atoms with Gasteiger partial charge in [0.05, 0.1) is 11.8 Å². The highest BCUT2D eigenvalue weighted by Crippen LogP contribution is 2.25. The van der Waals surface area contributed by atoms with E-state index in [1.807, 2.05) is 4.90 Å². The van der Waals surface area contributed by atoms with Gasteiger partial charge in [-0.3, -0.25) is 14.5 Å². The van der Waals surface area contributed by atoms with E-state index in [1.165, 1.54) is 12.1 Å². The molecule has 108 valence electrons. The lowest BCUT2D eigenvalue weighted by molar-refractivity contribution is -0.157. The van der Waals surface area contributed by atoms with Crippen LogP contribution in [0.15, 0.2) is 24.3 Å². The van der Waals surface area contributed by atoms with Gasteiger partial charge in [0.15, 0.2) is 0 Å². The van der Waals surface area contributed by atoms with Crippen LogP contribution in [0.2, 0.25) is 0 Å². The van der Waals surface area contributed by atoms with Crippen LogP contribution in [0.3, 0.4) is 0 Å². The number of hydrogen-bond acceptors (Lipinski definition) is 3. The van der Waals surface area contributed by atoms with Crippen LogP contribution in [0.1, 0.15) is 12.0 Å². The first-order valence-electron chi connectivity index (χ1n) is 6.40. The molecule has 2 rings (SSSR count). The summed E-state index contributed by atoms with van der Waals surface area (Å²) < 4.78 is 13.1. The van der Waals surface area contributed by atoms with Gasteiger partial charge >= 0.3 is 11.9 Å². The number of carboxylic acid groups (broad SMARTS) is 2. The largest absolute Gasteiger partial charge is 0.481 e. The number of benzene rings is 1. The predicted octanol–water partition coefficient (Wildman–Crippen LogP) is 1.43. The molecule has 1 aromatic rings. The van der Waals surface area contributed by atoms with Gasteiger partial charge in [0.25, 0.3) is 0 Å². The van der Waals surface area contributed by atoms with Gasteiger partial charge < -0.3 is 10.2 Å². The van der Waals surface area contributed by atoms with Crippen molar-refractivity contribution in [3.8, 4) is 0 Å². The second kappa shape index (κ2) is 6.00. The molecule has 0 radical (unpaired) electrons. The van der Waals surface area contributed by atoms with Gasteiger partial charge in [-0.15, -0.1) is 0 Å². The van der Waals surface area contributed by atoms with Crippen LogP contribution < -0.4 is 0 Å². The lowest BCUT2D eigenvalue weighted by atomic mass is 9.85. The molecule has 1 aliphatic heterocycles. The Morgan fingerprint density at radius 1 is 1.25 bits per heavy atom. The summed E-state index contributed by atoms with van der Waals surface area (Å²) in [6.45, 7) is 1.09. The standard InChI is InChI=1S/C14H16FNO4/c15-10-3-1-2-9(6-10)7-16-5-4-11(13(17)18)12(8-16)14(19)20/h1-3,6,11-12H,4-5,7-8H2,(H,17,18)(H,19,20). The Balaban J connectivity index is 2.05. The third-order valence-electron chi connectivity index (χ3n) is 3.63. The van der Waals surface area contributed by atoms with Gasteiger partial charge in [-0.2, -0.15) is 0 Å². The first-order chi connectivity index (χ1) is 9.47. The molecule has 20 heavy (non-hydrogen) atoms. The van der Waals surface area contributed by atoms with Crippen LogP contribution in [0.25, 0.3) is 0 Å². The van der Waals surface area contributed by atoms with Crippen molar-refractivity contribution in [2.75, 3.05) is 13.1 Å². The maximum absolute atomic E-state index is 13.1. The zero-order valence-corrected chi connectivity index (χ0v) is 10.8. The van der Waals surface area contributed by atoms with Crippen molar-refractivity contribution in [2.24, 2.45) is 11.8 Å². The topological polar surface area (TPSA) is 77.8 Å². The van der Waals surface area contributed by atoms with Crippen molar-refractivity contribution in [1.82, 2.24) is 4.90 Å². The molecular formula is C14H16FNO4.